The van der Waals surface area contributed by atoms with Crippen LogP contribution >= 0.6 is 11.8 Å². The molecule has 0 saturated heterocycles. The lowest BCUT2D eigenvalue weighted by Crippen LogP contribution is -2.41. The Bertz CT molecular complexity index is 415. The van der Waals surface area contributed by atoms with Crippen LogP contribution in [0.5, 0.6) is 0 Å². The molecule has 1 aromatic carbocycles. The van der Waals surface area contributed by atoms with Crippen molar-refractivity contribution in [3.63, 3.8) is 0 Å². The normalized spacial score (nSPS) is 13.0. The van der Waals surface area contributed by atoms with Crippen molar-refractivity contribution in [1.82, 2.24) is 10.6 Å². The molecule has 22 heavy (non-hydrogen) atoms. The zero-order valence-electron chi connectivity index (χ0n) is 13.7. The predicted octanol–water partition coefficient (Wildman–Crippen LogP) is 2.00. The number of methoxy groups -OCH3 is 1. The van der Waals surface area contributed by atoms with Gasteiger partial charge < -0.3 is 20.1 Å². The molecule has 0 heterocycles. The monoisotopic (exact) mass is 325 g/mol. The molecule has 0 amide bonds. The van der Waals surface area contributed by atoms with Gasteiger partial charge in [-0.05, 0) is 12.1 Å². The zero-order chi connectivity index (χ0) is 16.0. The molecule has 124 valence electrons. The van der Waals surface area contributed by atoms with Crippen molar-refractivity contribution in [2.75, 3.05) is 47.1 Å². The van der Waals surface area contributed by atoms with Crippen molar-refractivity contribution in [1.29, 1.82) is 0 Å². The van der Waals surface area contributed by atoms with E-state index in [1.165, 1.54) is 4.90 Å². The molecule has 2 N–H and O–H groups in total. The van der Waals surface area contributed by atoms with Crippen LogP contribution in [-0.4, -0.2) is 58.3 Å². The molecule has 6 heteroatoms. The van der Waals surface area contributed by atoms with Gasteiger partial charge in [0.05, 0.1) is 19.8 Å². The second kappa shape index (κ2) is 12.3. The first-order chi connectivity index (χ1) is 10.8. The first kappa shape index (κ1) is 18.8. The summed E-state index contributed by atoms with van der Waals surface area (Å²) in [4.78, 5) is 5.49. The second-order valence-electron chi connectivity index (χ2n) is 4.73. The summed E-state index contributed by atoms with van der Waals surface area (Å²) in [5.74, 6) is 0.802. The summed E-state index contributed by atoms with van der Waals surface area (Å²) in [5, 5.41) is 7.02. The van der Waals surface area contributed by atoms with Crippen molar-refractivity contribution in [2.45, 2.75) is 17.1 Å². The highest BCUT2D eigenvalue weighted by Gasteiger charge is 2.05. The summed E-state index contributed by atoms with van der Waals surface area (Å²) in [5.41, 5.74) is 0. The third-order valence-electron chi connectivity index (χ3n) is 2.83. The fourth-order valence-electron chi connectivity index (χ4n) is 1.72. The van der Waals surface area contributed by atoms with Crippen molar-refractivity contribution < 1.29 is 9.47 Å². The van der Waals surface area contributed by atoms with Crippen molar-refractivity contribution in [3.8, 4) is 0 Å². The Hall–Kier alpha value is -1.24. The quantitative estimate of drug-likeness (QED) is 0.298. The third-order valence-corrected chi connectivity index (χ3v) is 3.95. The van der Waals surface area contributed by atoms with Gasteiger partial charge in [0.15, 0.2) is 5.96 Å². The Kier molecular flexibility index (Phi) is 10.5. The first-order valence-corrected chi connectivity index (χ1v) is 8.37. The van der Waals surface area contributed by atoms with Gasteiger partial charge in [0.25, 0.3) is 0 Å². The molecule has 0 saturated carbocycles. The summed E-state index contributed by atoms with van der Waals surface area (Å²) in [6, 6.07) is 10.4. The molecular formula is C16H27N3O2S. The van der Waals surface area contributed by atoms with E-state index in [0.29, 0.717) is 25.1 Å². The van der Waals surface area contributed by atoms with E-state index in [4.69, 9.17) is 9.47 Å². The van der Waals surface area contributed by atoms with Crippen molar-refractivity contribution in [2.24, 2.45) is 4.99 Å². The molecule has 5 nitrogen and oxygen atoms in total. The lowest BCUT2D eigenvalue weighted by molar-refractivity contribution is 0.0733. The summed E-state index contributed by atoms with van der Waals surface area (Å²) in [7, 11) is 3.44. The number of rotatable bonds is 10. The van der Waals surface area contributed by atoms with Crippen LogP contribution in [0.2, 0.25) is 0 Å². The van der Waals surface area contributed by atoms with Gasteiger partial charge in [-0.15, -0.1) is 11.8 Å². The molecule has 1 aromatic rings. The van der Waals surface area contributed by atoms with Crippen LogP contribution in [0.3, 0.4) is 0 Å². The van der Waals surface area contributed by atoms with Gasteiger partial charge in [-0.2, -0.15) is 0 Å². The van der Waals surface area contributed by atoms with Crippen LogP contribution in [0.15, 0.2) is 40.2 Å². The van der Waals surface area contributed by atoms with E-state index < -0.39 is 0 Å². The predicted molar refractivity (Wildman–Crippen MR) is 93.8 cm³/mol. The molecule has 0 radical (unpaired) electrons. The lowest BCUT2D eigenvalue weighted by Gasteiger charge is -2.16. The van der Waals surface area contributed by atoms with Crippen molar-refractivity contribution in [3.05, 3.63) is 30.3 Å². The maximum atomic E-state index is 5.40. The number of guanidine groups is 1. The molecule has 1 unspecified atom stereocenters. The van der Waals surface area contributed by atoms with Gasteiger partial charge in [-0.1, -0.05) is 25.1 Å². The van der Waals surface area contributed by atoms with Gasteiger partial charge in [-0.25, -0.2) is 0 Å². The summed E-state index contributed by atoms with van der Waals surface area (Å²) >= 11 is 1.85. The Morgan fingerprint density at radius 2 is 1.95 bits per heavy atom. The highest BCUT2D eigenvalue weighted by molar-refractivity contribution is 8.00. The third kappa shape index (κ3) is 8.92. The van der Waals surface area contributed by atoms with E-state index in [1.807, 2.05) is 17.8 Å². The number of hydrogen-bond acceptors (Lipinski definition) is 4. The van der Waals surface area contributed by atoms with E-state index in [1.54, 1.807) is 14.2 Å². The van der Waals surface area contributed by atoms with Crippen LogP contribution in [0.25, 0.3) is 0 Å². The number of aliphatic imine (C=N–C) groups is 1. The number of hydrogen-bond donors (Lipinski definition) is 2. The number of nitrogens with one attached hydrogen (secondary N) is 2. The zero-order valence-corrected chi connectivity index (χ0v) is 14.5. The van der Waals surface area contributed by atoms with Crippen molar-refractivity contribution >= 4 is 17.7 Å². The first-order valence-electron chi connectivity index (χ1n) is 7.49. The molecule has 0 fully saturated rings. The Balaban J connectivity index is 2.15. The van der Waals surface area contributed by atoms with E-state index in [-0.39, 0.29) is 0 Å². The summed E-state index contributed by atoms with van der Waals surface area (Å²) in [6.07, 6.45) is 0. The topological polar surface area (TPSA) is 54.9 Å². The fraction of sp³-hybridized carbons (Fsp3) is 0.562. The largest absolute Gasteiger partial charge is 0.382 e. The van der Waals surface area contributed by atoms with Crippen LogP contribution in [-0.2, 0) is 9.47 Å². The minimum atomic E-state index is 0.457. The van der Waals surface area contributed by atoms with E-state index in [0.717, 1.165) is 19.0 Å². The van der Waals surface area contributed by atoms with Gasteiger partial charge in [0.2, 0.25) is 0 Å². The van der Waals surface area contributed by atoms with Gasteiger partial charge in [-0.3, -0.25) is 4.99 Å². The molecule has 1 rings (SSSR count). The van der Waals surface area contributed by atoms with Crippen LogP contribution in [0.4, 0.5) is 0 Å². The summed E-state index contributed by atoms with van der Waals surface area (Å²) < 4.78 is 10.3. The molecule has 0 aliphatic rings. The summed E-state index contributed by atoms with van der Waals surface area (Å²) in [6.45, 7) is 5.66. The number of nitrogens with zero attached hydrogens (tertiary/aromatic N) is 1. The van der Waals surface area contributed by atoms with Crippen LogP contribution < -0.4 is 10.6 Å². The molecule has 0 aliphatic carbocycles. The highest BCUT2D eigenvalue weighted by Crippen LogP contribution is 2.21. The standard InChI is InChI=1S/C16H27N3O2S/c1-14(22-15-7-5-4-6-8-15)13-19-16(17-2)18-9-10-21-12-11-20-3/h4-8,14H,9-13H2,1-3H3,(H2,17,18,19). The average Bonchev–Trinajstić information content (AvgIpc) is 2.54. The van der Waals surface area contributed by atoms with Gasteiger partial charge in [0.1, 0.15) is 0 Å². The Morgan fingerprint density at radius 1 is 1.18 bits per heavy atom. The molecular weight excluding hydrogens is 298 g/mol. The molecule has 1 atom stereocenters. The molecule has 0 aliphatic heterocycles. The smallest absolute Gasteiger partial charge is 0.191 e. The number of ether oxygens (including phenoxy) is 2. The number of benzene rings is 1. The maximum Gasteiger partial charge on any atom is 0.191 e. The van der Waals surface area contributed by atoms with Gasteiger partial charge in [0, 0.05) is 37.4 Å². The minimum Gasteiger partial charge on any atom is -0.382 e. The highest BCUT2D eigenvalue weighted by atomic mass is 32.2. The maximum absolute atomic E-state index is 5.40. The SMILES string of the molecule is CN=C(NCCOCCOC)NCC(C)Sc1ccccc1. The minimum absolute atomic E-state index is 0.457. The van der Waals surface area contributed by atoms with Crippen LogP contribution in [0, 0.1) is 0 Å². The molecule has 0 aromatic heterocycles. The van der Waals surface area contributed by atoms with E-state index in [9.17, 15) is 0 Å². The molecule has 0 bridgehead atoms. The van der Waals surface area contributed by atoms with Crippen LogP contribution in [0.1, 0.15) is 6.92 Å². The number of thioether (sulfide) groups is 1. The average molecular weight is 325 g/mol. The lowest BCUT2D eigenvalue weighted by atomic mass is 10.4. The van der Waals surface area contributed by atoms with E-state index >= 15 is 0 Å². The van der Waals surface area contributed by atoms with E-state index in [2.05, 4.69) is 46.8 Å². The second-order valence-corrected chi connectivity index (χ2v) is 6.24. The fourth-order valence-corrected chi connectivity index (χ4v) is 2.67. The van der Waals surface area contributed by atoms with Gasteiger partial charge >= 0.3 is 0 Å². The Morgan fingerprint density at radius 3 is 2.64 bits per heavy atom. The molecule has 0 spiro atoms. The Labute approximate surface area is 137 Å².